The van der Waals surface area contributed by atoms with Crippen molar-refractivity contribution in [2.45, 2.75) is 20.8 Å². The third kappa shape index (κ3) is 2.53. The summed E-state index contributed by atoms with van der Waals surface area (Å²) in [7, 11) is 0. The lowest BCUT2D eigenvalue weighted by atomic mass is 10.2. The number of aromatic nitrogens is 3. The predicted molar refractivity (Wildman–Crippen MR) is 86.5 cm³/mol. The lowest BCUT2D eigenvalue weighted by Crippen LogP contribution is -2.12. The average molecular weight is 294 g/mol. The molecule has 0 saturated carbocycles. The van der Waals surface area contributed by atoms with E-state index in [-0.39, 0.29) is 5.91 Å². The van der Waals surface area contributed by atoms with Crippen molar-refractivity contribution in [3.05, 3.63) is 65.5 Å². The fourth-order valence-corrected chi connectivity index (χ4v) is 2.35. The maximum atomic E-state index is 12.2. The van der Waals surface area contributed by atoms with E-state index in [1.807, 2.05) is 55.8 Å². The molecule has 0 saturated heterocycles. The molecular weight excluding hydrogens is 276 g/mol. The van der Waals surface area contributed by atoms with Gasteiger partial charge in [-0.15, -0.1) is 0 Å². The average Bonchev–Trinajstić information content (AvgIpc) is 3.07. The van der Waals surface area contributed by atoms with E-state index in [2.05, 4.69) is 15.3 Å². The van der Waals surface area contributed by atoms with E-state index >= 15 is 0 Å². The van der Waals surface area contributed by atoms with Crippen molar-refractivity contribution in [1.82, 2.24) is 14.5 Å². The predicted octanol–water partition coefficient (Wildman–Crippen LogP) is 3.38. The van der Waals surface area contributed by atoms with Crippen LogP contribution in [0.5, 0.6) is 0 Å². The summed E-state index contributed by atoms with van der Waals surface area (Å²) in [5.74, 6) is -0.110. The van der Waals surface area contributed by atoms with E-state index in [0.717, 1.165) is 28.3 Å². The Morgan fingerprint density at radius 3 is 2.41 bits per heavy atom. The summed E-state index contributed by atoms with van der Waals surface area (Å²) < 4.78 is 2.03. The van der Waals surface area contributed by atoms with Crippen LogP contribution in [-0.4, -0.2) is 20.4 Å². The topological polar surface area (TPSA) is 62.7 Å². The van der Waals surface area contributed by atoms with Crippen LogP contribution in [-0.2, 0) is 0 Å². The minimum Gasteiger partial charge on any atom is -0.367 e. The Hall–Kier alpha value is -2.82. The van der Waals surface area contributed by atoms with Gasteiger partial charge in [0.25, 0.3) is 5.91 Å². The Kier molecular flexibility index (Phi) is 3.55. The van der Waals surface area contributed by atoms with E-state index in [0.29, 0.717) is 5.56 Å². The van der Waals surface area contributed by atoms with E-state index in [1.165, 1.54) is 0 Å². The zero-order chi connectivity index (χ0) is 15.7. The molecule has 2 aromatic heterocycles. The van der Waals surface area contributed by atoms with Gasteiger partial charge in [0.2, 0.25) is 0 Å². The van der Waals surface area contributed by atoms with Gasteiger partial charge in [0.05, 0.1) is 17.6 Å². The van der Waals surface area contributed by atoms with Crippen LogP contribution < -0.4 is 5.32 Å². The van der Waals surface area contributed by atoms with Gasteiger partial charge in [-0.25, -0.2) is 4.98 Å². The summed E-state index contributed by atoms with van der Waals surface area (Å²) in [5, 5.41) is 2.90. The summed E-state index contributed by atoms with van der Waals surface area (Å²) in [6, 6.07) is 7.72. The summed E-state index contributed by atoms with van der Waals surface area (Å²) in [4.78, 5) is 19.4. The van der Waals surface area contributed by atoms with Crippen LogP contribution in [0.25, 0.3) is 5.69 Å². The molecule has 0 atom stereocenters. The second kappa shape index (κ2) is 5.52. The molecular formula is C17H18N4O. The van der Waals surface area contributed by atoms with Gasteiger partial charge < -0.3 is 14.9 Å². The Bertz CT molecular complexity index is 812. The van der Waals surface area contributed by atoms with Gasteiger partial charge in [0.1, 0.15) is 0 Å². The lowest BCUT2D eigenvalue weighted by molar-refractivity contribution is 0.102. The highest BCUT2D eigenvalue weighted by atomic mass is 16.1. The van der Waals surface area contributed by atoms with Crippen molar-refractivity contribution in [1.29, 1.82) is 0 Å². The second-order valence-corrected chi connectivity index (χ2v) is 5.34. The number of carbonyl (C=O) groups is 1. The third-order valence-corrected chi connectivity index (χ3v) is 3.85. The van der Waals surface area contributed by atoms with Crippen molar-refractivity contribution in [2.24, 2.45) is 0 Å². The highest BCUT2D eigenvalue weighted by Crippen LogP contribution is 2.17. The van der Waals surface area contributed by atoms with Gasteiger partial charge in [-0.05, 0) is 50.6 Å². The van der Waals surface area contributed by atoms with Crippen molar-refractivity contribution in [3.8, 4) is 5.69 Å². The fraction of sp³-hybridized carbons (Fsp3) is 0.176. The van der Waals surface area contributed by atoms with Crippen LogP contribution in [0.3, 0.4) is 0 Å². The molecule has 2 heterocycles. The Morgan fingerprint density at radius 1 is 1.14 bits per heavy atom. The number of benzene rings is 1. The highest BCUT2D eigenvalue weighted by Gasteiger charge is 2.10. The number of nitrogens with zero attached hydrogens (tertiary/aromatic N) is 2. The first kappa shape index (κ1) is 14.1. The number of aryl methyl sites for hydroxylation is 2. The van der Waals surface area contributed by atoms with E-state index in [1.54, 1.807) is 12.5 Å². The van der Waals surface area contributed by atoms with Gasteiger partial charge in [-0.1, -0.05) is 0 Å². The number of hydrogen-bond donors (Lipinski definition) is 2. The largest absolute Gasteiger partial charge is 0.367 e. The van der Waals surface area contributed by atoms with E-state index < -0.39 is 0 Å². The molecule has 2 N–H and O–H groups in total. The zero-order valence-electron chi connectivity index (χ0n) is 12.8. The Morgan fingerprint density at radius 2 is 1.86 bits per heavy atom. The Balaban J connectivity index is 1.79. The van der Waals surface area contributed by atoms with Crippen LogP contribution in [0.2, 0.25) is 0 Å². The molecule has 0 aliphatic heterocycles. The first-order valence-electron chi connectivity index (χ1n) is 7.12. The van der Waals surface area contributed by atoms with Crippen molar-refractivity contribution >= 4 is 11.6 Å². The van der Waals surface area contributed by atoms with Crippen molar-refractivity contribution in [3.63, 3.8) is 0 Å². The SMILES string of the molecule is Cc1c[nH]cc1C(=O)Nc1ccc(-n2cnc(C)c2C)cc1. The molecule has 22 heavy (non-hydrogen) atoms. The number of imidazole rings is 1. The zero-order valence-corrected chi connectivity index (χ0v) is 12.8. The van der Waals surface area contributed by atoms with E-state index in [4.69, 9.17) is 0 Å². The van der Waals surface area contributed by atoms with Crippen LogP contribution in [0.4, 0.5) is 5.69 Å². The molecule has 112 valence electrons. The summed E-state index contributed by atoms with van der Waals surface area (Å²) >= 11 is 0. The van der Waals surface area contributed by atoms with Gasteiger partial charge >= 0.3 is 0 Å². The van der Waals surface area contributed by atoms with Crippen LogP contribution in [0.15, 0.2) is 43.0 Å². The minimum atomic E-state index is -0.110. The molecule has 0 aliphatic rings. The first-order chi connectivity index (χ1) is 10.6. The minimum absolute atomic E-state index is 0.110. The number of hydrogen-bond acceptors (Lipinski definition) is 2. The first-order valence-corrected chi connectivity index (χ1v) is 7.12. The molecule has 0 spiro atoms. The Labute approximate surface area is 129 Å². The number of H-pyrrole nitrogens is 1. The molecule has 3 rings (SSSR count). The molecule has 0 aliphatic carbocycles. The monoisotopic (exact) mass is 294 g/mol. The highest BCUT2D eigenvalue weighted by molar-refractivity contribution is 6.05. The molecule has 0 unspecified atom stereocenters. The fourth-order valence-electron chi connectivity index (χ4n) is 2.35. The van der Waals surface area contributed by atoms with Gasteiger partial charge in [0, 0.05) is 29.5 Å². The standard InChI is InChI=1S/C17H18N4O/c1-11-8-18-9-16(11)17(22)20-14-4-6-15(7-5-14)21-10-19-12(2)13(21)3/h4-10,18H,1-3H3,(H,20,22). The quantitative estimate of drug-likeness (QED) is 0.778. The summed E-state index contributed by atoms with van der Waals surface area (Å²) in [6.07, 6.45) is 5.32. The van der Waals surface area contributed by atoms with Crippen molar-refractivity contribution in [2.75, 3.05) is 5.32 Å². The van der Waals surface area contributed by atoms with Gasteiger partial charge in [-0.2, -0.15) is 0 Å². The lowest BCUT2D eigenvalue weighted by Gasteiger charge is -2.08. The number of rotatable bonds is 3. The maximum absolute atomic E-state index is 12.2. The number of amides is 1. The van der Waals surface area contributed by atoms with Crippen LogP contribution >= 0.6 is 0 Å². The molecule has 5 nitrogen and oxygen atoms in total. The molecule has 1 amide bonds. The summed E-state index contributed by atoms with van der Waals surface area (Å²) in [5.41, 5.74) is 5.50. The van der Waals surface area contributed by atoms with Gasteiger partial charge in [-0.3, -0.25) is 4.79 Å². The number of nitrogens with one attached hydrogen (secondary N) is 2. The number of aromatic amines is 1. The smallest absolute Gasteiger partial charge is 0.257 e. The summed E-state index contributed by atoms with van der Waals surface area (Å²) in [6.45, 7) is 5.92. The maximum Gasteiger partial charge on any atom is 0.257 e. The molecule has 3 aromatic rings. The normalized spacial score (nSPS) is 10.7. The van der Waals surface area contributed by atoms with Gasteiger partial charge in [0.15, 0.2) is 0 Å². The van der Waals surface area contributed by atoms with Crippen molar-refractivity contribution < 1.29 is 4.79 Å². The number of carbonyl (C=O) groups excluding carboxylic acids is 1. The molecule has 5 heteroatoms. The van der Waals surface area contributed by atoms with Crippen LogP contribution in [0.1, 0.15) is 27.3 Å². The molecule has 1 aromatic carbocycles. The molecule has 0 bridgehead atoms. The van der Waals surface area contributed by atoms with E-state index in [9.17, 15) is 4.79 Å². The third-order valence-electron chi connectivity index (χ3n) is 3.85. The molecule has 0 fully saturated rings. The van der Waals surface area contributed by atoms with Crippen LogP contribution in [0, 0.1) is 20.8 Å². The second-order valence-electron chi connectivity index (χ2n) is 5.34. The molecule has 0 radical (unpaired) electrons. The number of anilines is 1.